The van der Waals surface area contributed by atoms with E-state index in [9.17, 15) is 0 Å². The molecular weight excluding hydrogens is 326 g/mol. The molecule has 100 valence electrons. The highest BCUT2D eigenvalue weighted by atomic mass is 79.9. The third-order valence-electron chi connectivity index (χ3n) is 2.71. The first kappa shape index (κ1) is 14.4. The highest BCUT2D eigenvalue weighted by Crippen LogP contribution is 2.28. The Morgan fingerprint density at radius 3 is 2.32 bits per heavy atom. The molecule has 2 aromatic heterocycles. The molecule has 0 aliphatic carbocycles. The lowest BCUT2D eigenvalue weighted by Crippen LogP contribution is -1.99. The molecule has 2 aromatic rings. The van der Waals surface area contributed by atoms with Crippen molar-refractivity contribution in [3.8, 4) is 11.4 Å². The molecule has 0 atom stereocenters. The van der Waals surface area contributed by atoms with Crippen molar-refractivity contribution < 1.29 is 0 Å². The van der Waals surface area contributed by atoms with Crippen LogP contribution in [0.2, 0.25) is 5.15 Å². The molecule has 0 aliphatic rings. The minimum atomic E-state index is 0.459. The van der Waals surface area contributed by atoms with Crippen molar-refractivity contribution in [2.24, 2.45) is 0 Å². The largest absolute Gasteiger partial charge is 0.258 e. The molecule has 0 radical (unpaired) electrons. The van der Waals surface area contributed by atoms with Gasteiger partial charge in [-0.1, -0.05) is 24.9 Å². The number of pyridine rings is 1. The van der Waals surface area contributed by atoms with Crippen LogP contribution in [0.25, 0.3) is 11.4 Å². The molecule has 19 heavy (non-hydrogen) atoms. The van der Waals surface area contributed by atoms with Gasteiger partial charge in [0.05, 0.1) is 10.2 Å². The van der Waals surface area contributed by atoms with E-state index in [1.54, 1.807) is 0 Å². The van der Waals surface area contributed by atoms with E-state index >= 15 is 0 Å². The maximum Gasteiger partial charge on any atom is 0.161 e. The molecule has 0 saturated carbocycles. The summed E-state index contributed by atoms with van der Waals surface area (Å²) < 4.78 is 0.794. The lowest BCUT2D eigenvalue weighted by Gasteiger charge is -2.08. The molecule has 0 bridgehead atoms. The third-order valence-corrected chi connectivity index (χ3v) is 4.04. The van der Waals surface area contributed by atoms with Crippen LogP contribution in [0.3, 0.4) is 0 Å². The Labute approximate surface area is 126 Å². The van der Waals surface area contributed by atoms with Gasteiger partial charge in [0.15, 0.2) is 5.82 Å². The molecular formula is C14H15BrClN3. The summed E-state index contributed by atoms with van der Waals surface area (Å²) in [4.78, 5) is 13.3. The molecule has 0 N–H and O–H groups in total. The van der Waals surface area contributed by atoms with Crippen LogP contribution in [0.4, 0.5) is 0 Å². The van der Waals surface area contributed by atoms with Crippen molar-refractivity contribution in [3.63, 3.8) is 0 Å². The number of aromatic nitrogens is 3. The van der Waals surface area contributed by atoms with E-state index in [0.29, 0.717) is 11.0 Å². The minimum absolute atomic E-state index is 0.459. The second-order valence-electron chi connectivity index (χ2n) is 4.49. The molecule has 0 aliphatic heterocycles. The predicted octanol–water partition coefficient (Wildman–Crippen LogP) is 4.52. The van der Waals surface area contributed by atoms with E-state index in [1.165, 1.54) is 0 Å². The maximum absolute atomic E-state index is 6.17. The van der Waals surface area contributed by atoms with Gasteiger partial charge in [0.25, 0.3) is 0 Å². The summed E-state index contributed by atoms with van der Waals surface area (Å²) in [5, 5.41) is 0.459. The van der Waals surface area contributed by atoms with E-state index in [2.05, 4.69) is 37.8 Å². The molecule has 5 heteroatoms. The van der Waals surface area contributed by atoms with Crippen LogP contribution in [0.5, 0.6) is 0 Å². The van der Waals surface area contributed by atoms with Gasteiger partial charge in [-0.3, -0.25) is 4.98 Å². The predicted molar refractivity (Wildman–Crippen MR) is 81.4 cm³/mol. The van der Waals surface area contributed by atoms with Gasteiger partial charge >= 0.3 is 0 Å². The fourth-order valence-electron chi connectivity index (χ4n) is 1.96. The quantitative estimate of drug-likeness (QED) is 0.771. The van der Waals surface area contributed by atoms with Gasteiger partial charge < -0.3 is 0 Å². The Kier molecular flexibility index (Phi) is 4.53. The number of nitrogens with zero attached hydrogens (tertiary/aromatic N) is 3. The van der Waals surface area contributed by atoms with E-state index in [1.807, 2.05) is 26.0 Å². The first-order valence-electron chi connectivity index (χ1n) is 6.18. The van der Waals surface area contributed by atoms with Crippen LogP contribution in [0, 0.1) is 13.8 Å². The molecule has 0 spiro atoms. The van der Waals surface area contributed by atoms with E-state index in [-0.39, 0.29) is 0 Å². The van der Waals surface area contributed by atoms with Gasteiger partial charge in [-0.05, 0) is 48.3 Å². The van der Waals surface area contributed by atoms with Gasteiger partial charge in [0, 0.05) is 17.0 Å². The van der Waals surface area contributed by atoms with E-state index in [0.717, 1.165) is 40.0 Å². The summed E-state index contributed by atoms with van der Waals surface area (Å²) in [6, 6.07) is 3.95. The fraction of sp³-hybridized carbons (Fsp3) is 0.357. The lowest BCUT2D eigenvalue weighted by atomic mass is 10.1. The summed E-state index contributed by atoms with van der Waals surface area (Å²) in [7, 11) is 0. The Morgan fingerprint density at radius 2 is 1.74 bits per heavy atom. The van der Waals surface area contributed by atoms with Gasteiger partial charge in [-0.25, -0.2) is 9.97 Å². The lowest BCUT2D eigenvalue weighted by molar-refractivity contribution is 0.867. The van der Waals surface area contributed by atoms with Crippen molar-refractivity contribution in [3.05, 3.63) is 38.8 Å². The number of aryl methyl sites for hydroxylation is 3. The number of rotatable bonds is 3. The van der Waals surface area contributed by atoms with Gasteiger partial charge in [-0.2, -0.15) is 0 Å². The highest BCUT2D eigenvalue weighted by molar-refractivity contribution is 9.10. The van der Waals surface area contributed by atoms with Crippen LogP contribution in [0.15, 0.2) is 16.6 Å². The molecule has 0 aromatic carbocycles. The van der Waals surface area contributed by atoms with Gasteiger partial charge in [0.2, 0.25) is 0 Å². The summed E-state index contributed by atoms with van der Waals surface area (Å²) in [6.07, 6.45) is 1.89. The summed E-state index contributed by atoms with van der Waals surface area (Å²) in [5.74, 6) is 0.658. The van der Waals surface area contributed by atoms with Crippen molar-refractivity contribution >= 4 is 27.5 Å². The average Bonchev–Trinajstić information content (AvgIpc) is 2.33. The maximum atomic E-state index is 6.17. The minimum Gasteiger partial charge on any atom is -0.258 e. The van der Waals surface area contributed by atoms with Crippen molar-refractivity contribution in [2.45, 2.75) is 33.6 Å². The monoisotopic (exact) mass is 339 g/mol. The first-order chi connectivity index (χ1) is 9.01. The first-order valence-corrected chi connectivity index (χ1v) is 7.36. The van der Waals surface area contributed by atoms with E-state index < -0.39 is 0 Å². The Balaban J connectivity index is 2.55. The molecule has 2 heterocycles. The number of halogens is 2. The molecule has 0 saturated heterocycles. The molecule has 3 nitrogen and oxygen atoms in total. The Morgan fingerprint density at radius 1 is 1.11 bits per heavy atom. The molecule has 0 fully saturated rings. The second kappa shape index (κ2) is 5.97. The zero-order chi connectivity index (χ0) is 14.0. The van der Waals surface area contributed by atoms with Gasteiger partial charge in [-0.15, -0.1) is 0 Å². The average molecular weight is 341 g/mol. The van der Waals surface area contributed by atoms with Crippen molar-refractivity contribution in [2.75, 3.05) is 0 Å². The number of hydrogen-bond donors (Lipinski definition) is 0. The topological polar surface area (TPSA) is 38.7 Å². The summed E-state index contributed by atoms with van der Waals surface area (Å²) >= 11 is 9.62. The zero-order valence-corrected chi connectivity index (χ0v) is 13.5. The summed E-state index contributed by atoms with van der Waals surface area (Å²) in [5.41, 5.74) is 3.81. The van der Waals surface area contributed by atoms with Crippen molar-refractivity contribution in [1.29, 1.82) is 0 Å². The van der Waals surface area contributed by atoms with E-state index in [4.69, 9.17) is 11.6 Å². The smallest absolute Gasteiger partial charge is 0.161 e. The second-order valence-corrected chi connectivity index (χ2v) is 5.64. The van der Waals surface area contributed by atoms with Crippen LogP contribution in [-0.4, -0.2) is 15.0 Å². The Bertz CT molecular complexity index is 594. The third kappa shape index (κ3) is 3.31. The van der Waals surface area contributed by atoms with Crippen LogP contribution >= 0.6 is 27.5 Å². The van der Waals surface area contributed by atoms with Crippen LogP contribution < -0.4 is 0 Å². The molecule has 0 amide bonds. The number of hydrogen-bond acceptors (Lipinski definition) is 3. The fourth-order valence-corrected chi connectivity index (χ4v) is 2.52. The Hall–Kier alpha value is -1.00. The van der Waals surface area contributed by atoms with Crippen LogP contribution in [-0.2, 0) is 6.42 Å². The normalized spacial score (nSPS) is 10.8. The molecule has 2 rings (SSSR count). The molecule has 0 unspecified atom stereocenters. The SMILES string of the molecule is CCCc1nc(-c2cc(C)nc(C)c2)nc(Cl)c1Br. The zero-order valence-electron chi connectivity index (χ0n) is 11.2. The van der Waals surface area contributed by atoms with Gasteiger partial charge in [0.1, 0.15) is 5.15 Å². The summed E-state index contributed by atoms with van der Waals surface area (Å²) in [6.45, 7) is 6.04. The van der Waals surface area contributed by atoms with Crippen LogP contribution in [0.1, 0.15) is 30.4 Å². The van der Waals surface area contributed by atoms with Crippen molar-refractivity contribution in [1.82, 2.24) is 15.0 Å². The highest BCUT2D eigenvalue weighted by Gasteiger charge is 2.12. The standard InChI is InChI=1S/C14H15BrClN3/c1-4-5-11-12(15)13(16)19-14(18-11)10-6-8(2)17-9(3)7-10/h6-7H,4-5H2,1-3H3.